The topological polar surface area (TPSA) is 78.8 Å². The zero-order valence-corrected chi connectivity index (χ0v) is 13.0. The van der Waals surface area contributed by atoms with Crippen LogP contribution in [0, 0.1) is 0 Å². The van der Waals surface area contributed by atoms with Gasteiger partial charge in [-0.1, -0.05) is 54.1 Å². The van der Waals surface area contributed by atoms with Crippen molar-refractivity contribution < 1.29 is 14.7 Å². The second-order valence-corrected chi connectivity index (χ2v) is 5.15. The lowest BCUT2D eigenvalue weighted by molar-refractivity contribution is -0.136. The fourth-order valence-electron chi connectivity index (χ4n) is 1.94. The number of benzene rings is 2. The maximum Gasteiger partial charge on any atom is 0.303 e. The van der Waals surface area contributed by atoms with E-state index in [1.165, 1.54) is 0 Å². The van der Waals surface area contributed by atoms with Crippen LogP contribution in [0.15, 0.2) is 59.7 Å². The molecular formula is C17H15ClN2O3. The summed E-state index contributed by atoms with van der Waals surface area (Å²) in [5, 5.41) is 13.2. The van der Waals surface area contributed by atoms with Gasteiger partial charge in [-0.2, -0.15) is 5.10 Å². The molecule has 0 spiro atoms. The lowest BCUT2D eigenvalue weighted by atomic mass is 10.1. The highest BCUT2D eigenvalue weighted by atomic mass is 35.5. The fraction of sp³-hybridized carbons (Fsp3) is 0.118. The SMILES string of the molecule is O=C(O)CCC(=NNC(=O)c1ccccc1Cl)c1ccccc1. The van der Waals surface area contributed by atoms with Crippen molar-refractivity contribution >= 4 is 29.2 Å². The third-order valence-electron chi connectivity index (χ3n) is 3.09. The minimum absolute atomic E-state index is 0.0737. The molecule has 2 aromatic carbocycles. The van der Waals surface area contributed by atoms with E-state index < -0.39 is 11.9 Å². The molecular weight excluding hydrogens is 316 g/mol. The molecule has 0 saturated carbocycles. The largest absolute Gasteiger partial charge is 0.481 e. The molecule has 0 aliphatic rings. The summed E-state index contributed by atoms with van der Waals surface area (Å²) in [6.45, 7) is 0. The first kappa shape index (κ1) is 16.7. The van der Waals surface area contributed by atoms with Gasteiger partial charge in [-0.3, -0.25) is 9.59 Å². The molecule has 0 aromatic heterocycles. The van der Waals surface area contributed by atoms with Crippen molar-refractivity contribution in [1.29, 1.82) is 0 Å². The summed E-state index contributed by atoms with van der Waals surface area (Å²) in [6, 6.07) is 15.7. The fourth-order valence-corrected chi connectivity index (χ4v) is 2.17. The maximum atomic E-state index is 12.1. The molecule has 0 heterocycles. The molecule has 0 radical (unpaired) electrons. The van der Waals surface area contributed by atoms with Crippen molar-refractivity contribution in [2.45, 2.75) is 12.8 Å². The van der Waals surface area contributed by atoms with E-state index in [9.17, 15) is 9.59 Å². The number of carbonyl (C=O) groups is 2. The van der Waals surface area contributed by atoms with Gasteiger partial charge in [0, 0.05) is 6.42 Å². The Morgan fingerprint density at radius 1 is 1.00 bits per heavy atom. The number of carboxylic acid groups (broad SMARTS) is 1. The Morgan fingerprint density at radius 2 is 1.65 bits per heavy atom. The Hall–Kier alpha value is -2.66. The van der Waals surface area contributed by atoms with Gasteiger partial charge in [0.15, 0.2) is 0 Å². The molecule has 0 fully saturated rings. The number of hydrogen-bond donors (Lipinski definition) is 2. The van der Waals surface area contributed by atoms with Crippen molar-refractivity contribution in [2.24, 2.45) is 5.10 Å². The Balaban J connectivity index is 2.18. The zero-order chi connectivity index (χ0) is 16.7. The number of hydrogen-bond acceptors (Lipinski definition) is 3. The number of hydrazone groups is 1. The molecule has 0 aliphatic heterocycles. The van der Waals surface area contributed by atoms with Gasteiger partial charge in [0.1, 0.15) is 0 Å². The van der Waals surface area contributed by atoms with Crippen LogP contribution in [-0.4, -0.2) is 22.7 Å². The van der Waals surface area contributed by atoms with Crippen molar-refractivity contribution in [1.82, 2.24) is 5.43 Å². The van der Waals surface area contributed by atoms with Gasteiger partial charge >= 0.3 is 5.97 Å². The van der Waals surface area contributed by atoms with E-state index in [1.807, 2.05) is 30.3 Å². The Kier molecular flexibility index (Phi) is 5.88. The van der Waals surface area contributed by atoms with E-state index in [2.05, 4.69) is 10.5 Å². The van der Waals surface area contributed by atoms with E-state index in [0.717, 1.165) is 5.56 Å². The smallest absolute Gasteiger partial charge is 0.303 e. The monoisotopic (exact) mass is 330 g/mol. The Bertz CT molecular complexity index is 730. The standard InChI is InChI=1S/C17H15ClN2O3/c18-14-9-5-4-8-13(14)17(23)20-19-15(10-11-16(21)22)12-6-2-1-3-7-12/h1-9H,10-11H2,(H,20,23)(H,21,22). The normalized spacial score (nSPS) is 11.1. The highest BCUT2D eigenvalue weighted by Crippen LogP contribution is 2.14. The minimum atomic E-state index is -0.925. The highest BCUT2D eigenvalue weighted by molar-refractivity contribution is 6.33. The molecule has 2 rings (SSSR count). The van der Waals surface area contributed by atoms with Gasteiger partial charge in [0.25, 0.3) is 5.91 Å². The van der Waals surface area contributed by atoms with Crippen molar-refractivity contribution in [2.75, 3.05) is 0 Å². The predicted molar refractivity (Wildman–Crippen MR) is 88.8 cm³/mol. The van der Waals surface area contributed by atoms with E-state index in [4.69, 9.17) is 16.7 Å². The number of halogens is 1. The first-order valence-corrected chi connectivity index (χ1v) is 7.34. The molecule has 5 nitrogen and oxygen atoms in total. The predicted octanol–water partition coefficient (Wildman–Crippen LogP) is 3.34. The van der Waals surface area contributed by atoms with E-state index in [0.29, 0.717) is 16.3 Å². The molecule has 2 aromatic rings. The Morgan fingerprint density at radius 3 is 2.30 bits per heavy atom. The molecule has 0 bridgehead atoms. The molecule has 118 valence electrons. The van der Waals surface area contributed by atoms with Gasteiger partial charge in [-0.05, 0) is 17.7 Å². The van der Waals surface area contributed by atoms with Crippen LogP contribution < -0.4 is 5.43 Å². The molecule has 0 atom stereocenters. The van der Waals surface area contributed by atoms with Crippen LogP contribution in [0.2, 0.25) is 5.02 Å². The maximum absolute atomic E-state index is 12.1. The minimum Gasteiger partial charge on any atom is -0.481 e. The lowest BCUT2D eigenvalue weighted by Gasteiger charge is -2.07. The summed E-state index contributed by atoms with van der Waals surface area (Å²) in [7, 11) is 0. The number of nitrogens with zero attached hydrogens (tertiary/aromatic N) is 1. The first-order chi connectivity index (χ1) is 11.1. The van der Waals surface area contributed by atoms with Gasteiger partial charge in [0.05, 0.1) is 22.7 Å². The molecule has 2 N–H and O–H groups in total. The first-order valence-electron chi connectivity index (χ1n) is 6.96. The number of aliphatic carboxylic acids is 1. The number of amides is 1. The summed E-state index contributed by atoms with van der Waals surface area (Å²) in [6.07, 6.45) is 0.137. The summed E-state index contributed by atoms with van der Waals surface area (Å²) < 4.78 is 0. The van der Waals surface area contributed by atoms with Crippen LogP contribution in [0.1, 0.15) is 28.8 Å². The summed E-state index contributed by atoms with van der Waals surface area (Å²) in [4.78, 5) is 22.9. The van der Waals surface area contributed by atoms with Crippen LogP contribution in [-0.2, 0) is 4.79 Å². The Labute approximate surface area is 138 Å². The molecule has 0 aliphatic carbocycles. The van der Waals surface area contributed by atoms with Crippen LogP contribution in [0.3, 0.4) is 0 Å². The second-order valence-electron chi connectivity index (χ2n) is 4.74. The second kappa shape index (κ2) is 8.10. The van der Waals surface area contributed by atoms with Crippen molar-refractivity contribution in [3.8, 4) is 0 Å². The number of carboxylic acids is 1. The summed E-state index contributed by atoms with van der Waals surface area (Å²) in [5.41, 5.74) is 3.99. The molecule has 1 amide bonds. The van der Waals surface area contributed by atoms with E-state index >= 15 is 0 Å². The molecule has 6 heteroatoms. The quantitative estimate of drug-likeness (QED) is 0.629. The van der Waals surface area contributed by atoms with Gasteiger partial charge < -0.3 is 5.11 Å². The van der Waals surface area contributed by atoms with Crippen LogP contribution in [0.5, 0.6) is 0 Å². The lowest BCUT2D eigenvalue weighted by Crippen LogP contribution is -2.21. The molecule has 0 saturated heterocycles. The van der Waals surface area contributed by atoms with Crippen LogP contribution >= 0.6 is 11.6 Å². The van der Waals surface area contributed by atoms with E-state index in [1.54, 1.807) is 24.3 Å². The number of rotatable bonds is 6. The average Bonchev–Trinajstić information content (AvgIpc) is 2.55. The summed E-state index contributed by atoms with van der Waals surface area (Å²) >= 11 is 5.97. The highest BCUT2D eigenvalue weighted by Gasteiger charge is 2.11. The summed E-state index contributed by atoms with van der Waals surface area (Å²) in [5.74, 6) is -1.37. The van der Waals surface area contributed by atoms with Crippen molar-refractivity contribution in [3.63, 3.8) is 0 Å². The molecule has 0 unspecified atom stereocenters. The third-order valence-corrected chi connectivity index (χ3v) is 3.42. The van der Waals surface area contributed by atoms with Gasteiger partial charge in [0.2, 0.25) is 0 Å². The van der Waals surface area contributed by atoms with Crippen LogP contribution in [0.25, 0.3) is 0 Å². The van der Waals surface area contributed by atoms with Gasteiger partial charge in [-0.15, -0.1) is 0 Å². The van der Waals surface area contributed by atoms with Gasteiger partial charge in [-0.25, -0.2) is 5.43 Å². The van der Waals surface area contributed by atoms with Crippen molar-refractivity contribution in [3.05, 3.63) is 70.7 Å². The van der Waals surface area contributed by atoms with Crippen LogP contribution in [0.4, 0.5) is 0 Å². The zero-order valence-electron chi connectivity index (χ0n) is 12.2. The third kappa shape index (κ3) is 4.93. The van der Waals surface area contributed by atoms with E-state index in [-0.39, 0.29) is 12.8 Å². The average molecular weight is 331 g/mol. The molecule has 23 heavy (non-hydrogen) atoms. The number of nitrogens with one attached hydrogen (secondary N) is 1. The number of carbonyl (C=O) groups excluding carboxylic acids is 1.